The summed E-state index contributed by atoms with van der Waals surface area (Å²) in [6.45, 7) is -0.208. The minimum atomic E-state index is -4.23. The number of hydrogen-bond acceptors (Lipinski definition) is 5. The second-order valence-corrected chi connectivity index (χ2v) is 3.68. The van der Waals surface area contributed by atoms with Crippen LogP contribution in [-0.2, 0) is 4.74 Å². The van der Waals surface area contributed by atoms with Crippen LogP contribution in [0.2, 0.25) is 0 Å². The van der Waals surface area contributed by atoms with Crippen LogP contribution < -0.4 is 10.5 Å². The fraction of sp³-hybridized carbons (Fsp3) is 0.455. The monoisotopic (exact) mass is 278 g/mol. The van der Waals surface area contributed by atoms with Gasteiger partial charge in [-0.2, -0.15) is 13.2 Å². The molecule has 0 unspecified atom stereocenters. The molecule has 0 radical (unpaired) electrons. The van der Waals surface area contributed by atoms with Crippen LogP contribution in [-0.4, -0.2) is 30.8 Å². The van der Waals surface area contributed by atoms with Crippen molar-refractivity contribution in [1.82, 2.24) is 4.98 Å². The van der Waals surface area contributed by atoms with E-state index < -0.39 is 18.6 Å². The maximum Gasteiger partial charge on any atom is 0.389 e. The Kier molecular flexibility index (Phi) is 4.96. The van der Waals surface area contributed by atoms with E-state index in [1.807, 2.05) is 0 Å². The first-order valence-corrected chi connectivity index (χ1v) is 5.37. The largest absolute Gasteiger partial charge is 0.477 e. The molecule has 19 heavy (non-hydrogen) atoms. The molecule has 2 N–H and O–H groups in total. The molecule has 1 aromatic rings. The van der Waals surface area contributed by atoms with Gasteiger partial charge >= 0.3 is 12.1 Å². The molecule has 0 aliphatic carbocycles. The minimum absolute atomic E-state index is 0.0190. The third-order valence-electron chi connectivity index (χ3n) is 2.12. The second-order valence-electron chi connectivity index (χ2n) is 3.68. The maximum atomic E-state index is 11.9. The van der Waals surface area contributed by atoms with Crippen LogP contribution in [0.25, 0.3) is 0 Å². The number of halogens is 3. The number of ether oxygens (including phenoxy) is 2. The molecular formula is C11H13F3N2O3. The number of methoxy groups -OCH3 is 1. The summed E-state index contributed by atoms with van der Waals surface area (Å²) in [5.74, 6) is -0.811. The molecule has 0 aliphatic rings. The van der Waals surface area contributed by atoms with Crippen molar-refractivity contribution in [1.29, 1.82) is 0 Å². The molecule has 0 aromatic carbocycles. The van der Waals surface area contributed by atoms with E-state index in [1.165, 1.54) is 19.4 Å². The predicted octanol–water partition coefficient (Wildman–Crippen LogP) is 2.17. The van der Waals surface area contributed by atoms with Gasteiger partial charge in [0.15, 0.2) is 0 Å². The molecular weight excluding hydrogens is 265 g/mol. The van der Waals surface area contributed by atoms with Gasteiger partial charge in [-0.3, -0.25) is 0 Å². The third kappa shape index (κ3) is 5.02. The molecule has 0 aliphatic heterocycles. The van der Waals surface area contributed by atoms with Crippen LogP contribution in [0, 0.1) is 0 Å². The fourth-order valence-electron chi connectivity index (χ4n) is 1.28. The average molecular weight is 278 g/mol. The quantitative estimate of drug-likeness (QED) is 0.660. The predicted molar refractivity (Wildman–Crippen MR) is 60.8 cm³/mol. The normalized spacial score (nSPS) is 11.2. The van der Waals surface area contributed by atoms with Crippen molar-refractivity contribution in [3.05, 3.63) is 17.8 Å². The smallest absolute Gasteiger partial charge is 0.389 e. The second kappa shape index (κ2) is 6.26. The van der Waals surface area contributed by atoms with Crippen molar-refractivity contribution in [3.8, 4) is 5.88 Å². The number of hydrogen-bond donors (Lipinski definition) is 1. The van der Waals surface area contributed by atoms with E-state index in [1.54, 1.807) is 0 Å². The molecule has 8 heteroatoms. The number of carbonyl (C=O) groups excluding carboxylic acids is 1. The molecule has 0 saturated carbocycles. The van der Waals surface area contributed by atoms with Crippen LogP contribution in [0.15, 0.2) is 12.3 Å². The first-order valence-electron chi connectivity index (χ1n) is 5.37. The van der Waals surface area contributed by atoms with Crippen LogP contribution in [0.5, 0.6) is 5.88 Å². The summed E-state index contributed by atoms with van der Waals surface area (Å²) in [6, 6.07) is 1.29. The molecule has 0 amide bonds. The maximum absolute atomic E-state index is 11.9. The number of anilines is 1. The first kappa shape index (κ1) is 15.1. The topological polar surface area (TPSA) is 74.4 Å². The van der Waals surface area contributed by atoms with Gasteiger partial charge in [0.25, 0.3) is 0 Å². The summed E-state index contributed by atoms with van der Waals surface area (Å²) >= 11 is 0. The fourth-order valence-corrected chi connectivity index (χ4v) is 1.28. The Labute approximate surface area is 107 Å². The average Bonchev–Trinajstić information content (AvgIpc) is 2.33. The van der Waals surface area contributed by atoms with Crippen LogP contribution >= 0.6 is 0 Å². The van der Waals surface area contributed by atoms with Crippen LogP contribution in [0.4, 0.5) is 18.9 Å². The van der Waals surface area contributed by atoms with E-state index in [-0.39, 0.29) is 30.2 Å². The van der Waals surface area contributed by atoms with Crippen molar-refractivity contribution in [2.24, 2.45) is 0 Å². The summed E-state index contributed by atoms with van der Waals surface area (Å²) in [5.41, 5.74) is 5.66. The van der Waals surface area contributed by atoms with E-state index in [0.29, 0.717) is 0 Å². The summed E-state index contributed by atoms with van der Waals surface area (Å²) in [4.78, 5) is 15.2. The van der Waals surface area contributed by atoms with E-state index in [9.17, 15) is 18.0 Å². The molecule has 1 heterocycles. The highest BCUT2D eigenvalue weighted by atomic mass is 19.4. The van der Waals surface area contributed by atoms with Gasteiger partial charge in [0.1, 0.15) is 5.56 Å². The van der Waals surface area contributed by atoms with Gasteiger partial charge < -0.3 is 15.2 Å². The highest BCUT2D eigenvalue weighted by molar-refractivity contribution is 5.92. The van der Waals surface area contributed by atoms with Gasteiger partial charge in [-0.15, -0.1) is 0 Å². The van der Waals surface area contributed by atoms with Gasteiger partial charge in [-0.1, -0.05) is 0 Å². The van der Waals surface area contributed by atoms with E-state index in [4.69, 9.17) is 10.5 Å². The van der Waals surface area contributed by atoms with Gasteiger partial charge in [-0.05, 0) is 12.5 Å². The number of aromatic nitrogens is 1. The molecule has 1 rings (SSSR count). The van der Waals surface area contributed by atoms with Crippen LogP contribution in [0.3, 0.4) is 0 Å². The van der Waals surface area contributed by atoms with E-state index in [2.05, 4.69) is 9.72 Å². The van der Waals surface area contributed by atoms with Crippen molar-refractivity contribution in [2.45, 2.75) is 19.0 Å². The Bertz CT molecular complexity index is 449. The Morgan fingerprint density at radius 1 is 1.47 bits per heavy atom. The van der Waals surface area contributed by atoms with Crippen molar-refractivity contribution < 1.29 is 27.4 Å². The molecule has 0 spiro atoms. The minimum Gasteiger partial charge on any atom is -0.477 e. The SMILES string of the molecule is COC(=O)c1cc(N)cnc1OCCCC(F)(F)F. The molecule has 106 valence electrons. The Balaban J connectivity index is 2.65. The standard InChI is InChI=1S/C11H13F3N2O3/c1-18-10(17)8-5-7(15)6-16-9(8)19-4-2-3-11(12,13)14/h5-6H,2-4,15H2,1H3. The Morgan fingerprint density at radius 3 is 2.74 bits per heavy atom. The lowest BCUT2D eigenvalue weighted by Crippen LogP contribution is -2.12. The first-order chi connectivity index (χ1) is 8.83. The molecule has 0 fully saturated rings. The number of nitrogen functional groups attached to an aromatic ring is 1. The molecule has 1 aromatic heterocycles. The number of carbonyl (C=O) groups is 1. The number of nitrogens with zero attached hydrogens (tertiary/aromatic N) is 1. The van der Waals surface area contributed by atoms with Crippen molar-refractivity contribution in [2.75, 3.05) is 19.5 Å². The lowest BCUT2D eigenvalue weighted by atomic mass is 10.2. The number of nitrogens with two attached hydrogens (primary N) is 1. The number of rotatable bonds is 5. The third-order valence-corrected chi connectivity index (χ3v) is 2.12. The number of pyridine rings is 1. The zero-order valence-corrected chi connectivity index (χ0v) is 10.2. The molecule has 0 atom stereocenters. The van der Waals surface area contributed by atoms with E-state index >= 15 is 0 Å². The highest BCUT2D eigenvalue weighted by Crippen LogP contribution is 2.23. The van der Waals surface area contributed by atoms with Gasteiger partial charge in [0.2, 0.25) is 5.88 Å². The highest BCUT2D eigenvalue weighted by Gasteiger charge is 2.26. The summed E-state index contributed by atoms with van der Waals surface area (Å²) in [6.07, 6.45) is -4.18. The Hall–Kier alpha value is -1.99. The summed E-state index contributed by atoms with van der Waals surface area (Å²) in [5, 5.41) is 0. The molecule has 0 saturated heterocycles. The van der Waals surface area contributed by atoms with Gasteiger partial charge in [0, 0.05) is 6.42 Å². The number of esters is 1. The zero-order valence-electron chi connectivity index (χ0n) is 10.2. The molecule has 5 nitrogen and oxygen atoms in total. The lowest BCUT2D eigenvalue weighted by Gasteiger charge is -2.10. The van der Waals surface area contributed by atoms with E-state index in [0.717, 1.165) is 0 Å². The summed E-state index contributed by atoms with van der Waals surface area (Å²) < 4.78 is 45.3. The number of alkyl halides is 3. The van der Waals surface area contributed by atoms with Crippen LogP contribution in [0.1, 0.15) is 23.2 Å². The zero-order chi connectivity index (χ0) is 14.5. The van der Waals surface area contributed by atoms with Gasteiger partial charge in [-0.25, -0.2) is 9.78 Å². The molecule has 0 bridgehead atoms. The van der Waals surface area contributed by atoms with Gasteiger partial charge in [0.05, 0.1) is 25.6 Å². The Morgan fingerprint density at radius 2 is 2.16 bits per heavy atom. The lowest BCUT2D eigenvalue weighted by molar-refractivity contribution is -0.136. The van der Waals surface area contributed by atoms with Crippen molar-refractivity contribution in [3.63, 3.8) is 0 Å². The summed E-state index contributed by atoms with van der Waals surface area (Å²) in [7, 11) is 1.17. The van der Waals surface area contributed by atoms with Crippen molar-refractivity contribution >= 4 is 11.7 Å².